The maximum atomic E-state index is 13.4. The summed E-state index contributed by atoms with van der Waals surface area (Å²) in [5, 5.41) is 0.629. The van der Waals surface area contributed by atoms with Crippen molar-refractivity contribution in [2.75, 3.05) is 6.61 Å². The molecular weight excluding hydrogens is 412 g/mol. The summed E-state index contributed by atoms with van der Waals surface area (Å²) in [6.45, 7) is 1.96. The summed E-state index contributed by atoms with van der Waals surface area (Å²) in [6.07, 6.45) is 7.80. The van der Waals surface area contributed by atoms with Crippen molar-refractivity contribution in [3.8, 4) is 0 Å². The molecule has 0 radical (unpaired) electrons. The molecule has 4 rings (SSSR count). The first-order chi connectivity index (χ1) is 15.0. The Balaban J connectivity index is 1.83. The number of hydrogen-bond acceptors (Lipinski definition) is 4. The number of carbonyl (C=O) groups is 2. The second kappa shape index (κ2) is 9.27. The Morgan fingerprint density at radius 3 is 2.55 bits per heavy atom. The zero-order valence-electron chi connectivity index (χ0n) is 17.6. The smallest absolute Gasteiger partial charge is 0.321 e. The zero-order valence-corrected chi connectivity index (χ0v) is 18.4. The number of esters is 2. The SMILES string of the molecule is CCOC(=O)[C@H]1C(=O)OC(c2ccc(Cl)cc2)([C@@H]2C=CCCC2)C[C@@H]1c1ccccc1. The summed E-state index contributed by atoms with van der Waals surface area (Å²) in [5.74, 6) is -2.33. The van der Waals surface area contributed by atoms with Gasteiger partial charge >= 0.3 is 11.9 Å². The fourth-order valence-corrected chi connectivity index (χ4v) is 5.07. The van der Waals surface area contributed by atoms with E-state index in [1.165, 1.54) is 0 Å². The molecule has 31 heavy (non-hydrogen) atoms. The summed E-state index contributed by atoms with van der Waals surface area (Å²) < 4.78 is 11.5. The van der Waals surface area contributed by atoms with E-state index in [0.29, 0.717) is 11.4 Å². The number of ether oxygens (including phenoxy) is 2. The standard InChI is InChI=1S/C26H27ClO4/c1-2-30-24(28)23-22(18-9-5-3-6-10-18)17-26(31-25(23)29,19-11-7-4-8-12-19)20-13-15-21(27)16-14-20/h3,5-7,9-11,13-16,19,22-23H,2,4,8,12,17H2,1H3/t19-,22-,23+,26?/m1/s1. The first-order valence-electron chi connectivity index (χ1n) is 10.9. The highest BCUT2D eigenvalue weighted by Gasteiger charge is 2.55. The van der Waals surface area contributed by atoms with Gasteiger partial charge in [-0.05, 0) is 49.4 Å². The van der Waals surface area contributed by atoms with Crippen LogP contribution in [-0.4, -0.2) is 18.5 Å². The molecule has 2 aromatic carbocycles. The minimum Gasteiger partial charge on any atom is -0.465 e. The molecule has 1 aliphatic heterocycles. The van der Waals surface area contributed by atoms with E-state index in [0.717, 1.165) is 30.4 Å². The second-order valence-electron chi connectivity index (χ2n) is 8.23. The highest BCUT2D eigenvalue weighted by Crippen LogP contribution is 2.52. The van der Waals surface area contributed by atoms with E-state index in [1.54, 1.807) is 6.92 Å². The van der Waals surface area contributed by atoms with E-state index in [2.05, 4.69) is 12.2 Å². The lowest BCUT2D eigenvalue weighted by atomic mass is 9.66. The number of halogens is 1. The monoisotopic (exact) mass is 438 g/mol. The average Bonchev–Trinajstić information content (AvgIpc) is 2.80. The molecule has 4 atom stereocenters. The van der Waals surface area contributed by atoms with Crippen LogP contribution in [0.15, 0.2) is 66.7 Å². The molecule has 162 valence electrons. The van der Waals surface area contributed by atoms with Gasteiger partial charge in [0.1, 0.15) is 5.60 Å². The van der Waals surface area contributed by atoms with Crippen LogP contribution in [0.2, 0.25) is 5.02 Å². The lowest BCUT2D eigenvalue weighted by Gasteiger charge is -2.47. The van der Waals surface area contributed by atoms with Gasteiger partial charge in [-0.3, -0.25) is 9.59 Å². The van der Waals surface area contributed by atoms with Gasteiger partial charge in [0.2, 0.25) is 0 Å². The number of carbonyl (C=O) groups excluding carboxylic acids is 2. The highest BCUT2D eigenvalue weighted by molar-refractivity contribution is 6.30. The van der Waals surface area contributed by atoms with Crippen molar-refractivity contribution in [3.05, 3.63) is 82.9 Å². The minimum atomic E-state index is -0.977. The topological polar surface area (TPSA) is 52.6 Å². The van der Waals surface area contributed by atoms with Crippen molar-refractivity contribution in [1.82, 2.24) is 0 Å². The van der Waals surface area contributed by atoms with Gasteiger partial charge in [0.15, 0.2) is 5.92 Å². The predicted octanol–water partition coefficient (Wildman–Crippen LogP) is 5.80. The van der Waals surface area contributed by atoms with Gasteiger partial charge in [0.05, 0.1) is 6.61 Å². The molecule has 1 unspecified atom stereocenters. The molecule has 4 nitrogen and oxygen atoms in total. The Morgan fingerprint density at radius 1 is 1.16 bits per heavy atom. The molecule has 1 heterocycles. The molecule has 1 saturated heterocycles. The summed E-state index contributed by atoms with van der Waals surface area (Å²) in [5.41, 5.74) is 0.989. The van der Waals surface area contributed by atoms with Gasteiger partial charge in [-0.15, -0.1) is 0 Å². The molecule has 0 bridgehead atoms. The van der Waals surface area contributed by atoms with Crippen LogP contribution >= 0.6 is 11.6 Å². The summed E-state index contributed by atoms with van der Waals surface area (Å²) in [6, 6.07) is 17.3. The van der Waals surface area contributed by atoms with Gasteiger partial charge < -0.3 is 9.47 Å². The first-order valence-corrected chi connectivity index (χ1v) is 11.3. The number of cyclic esters (lactones) is 1. The molecule has 1 fully saturated rings. The molecule has 0 amide bonds. The predicted molar refractivity (Wildman–Crippen MR) is 120 cm³/mol. The van der Waals surface area contributed by atoms with Crippen LogP contribution in [0.25, 0.3) is 0 Å². The van der Waals surface area contributed by atoms with Crippen molar-refractivity contribution >= 4 is 23.5 Å². The van der Waals surface area contributed by atoms with Crippen LogP contribution in [0.4, 0.5) is 0 Å². The Labute approximate surface area is 188 Å². The molecule has 2 aliphatic rings. The molecule has 0 aromatic heterocycles. The number of benzene rings is 2. The van der Waals surface area contributed by atoms with E-state index in [1.807, 2.05) is 54.6 Å². The summed E-state index contributed by atoms with van der Waals surface area (Å²) >= 11 is 6.15. The fourth-order valence-electron chi connectivity index (χ4n) is 4.95. The van der Waals surface area contributed by atoms with Crippen LogP contribution in [-0.2, 0) is 24.7 Å². The van der Waals surface area contributed by atoms with Crippen molar-refractivity contribution < 1.29 is 19.1 Å². The summed E-state index contributed by atoms with van der Waals surface area (Å²) in [7, 11) is 0. The lowest BCUT2D eigenvalue weighted by molar-refractivity contribution is -0.192. The van der Waals surface area contributed by atoms with E-state index in [-0.39, 0.29) is 18.4 Å². The van der Waals surface area contributed by atoms with Gasteiger partial charge in [0, 0.05) is 23.3 Å². The molecular formula is C26H27ClO4. The quantitative estimate of drug-likeness (QED) is 0.336. The molecule has 0 saturated carbocycles. The summed E-state index contributed by atoms with van der Waals surface area (Å²) in [4.78, 5) is 26.2. The van der Waals surface area contributed by atoms with Gasteiger partial charge in [-0.1, -0.05) is 66.2 Å². The van der Waals surface area contributed by atoms with Gasteiger partial charge in [-0.2, -0.15) is 0 Å². The Hall–Kier alpha value is -2.59. The molecule has 2 aromatic rings. The molecule has 0 spiro atoms. The Bertz CT molecular complexity index is 953. The third-order valence-electron chi connectivity index (χ3n) is 6.42. The molecule has 5 heteroatoms. The zero-order chi connectivity index (χ0) is 21.8. The van der Waals surface area contributed by atoms with Crippen LogP contribution in [0.1, 0.15) is 49.7 Å². The molecule has 0 N–H and O–H groups in total. The van der Waals surface area contributed by atoms with Crippen molar-refractivity contribution in [2.45, 2.75) is 44.1 Å². The van der Waals surface area contributed by atoms with Crippen molar-refractivity contribution in [3.63, 3.8) is 0 Å². The van der Waals surface area contributed by atoms with Gasteiger partial charge in [0.25, 0.3) is 0 Å². The van der Waals surface area contributed by atoms with Crippen LogP contribution in [0.5, 0.6) is 0 Å². The van der Waals surface area contributed by atoms with Crippen molar-refractivity contribution in [2.24, 2.45) is 11.8 Å². The number of allylic oxidation sites excluding steroid dienone is 1. The van der Waals surface area contributed by atoms with E-state index >= 15 is 0 Å². The minimum absolute atomic E-state index is 0.0285. The third kappa shape index (κ3) is 4.27. The third-order valence-corrected chi connectivity index (χ3v) is 6.67. The molecule has 1 aliphatic carbocycles. The maximum Gasteiger partial charge on any atom is 0.321 e. The maximum absolute atomic E-state index is 13.4. The van der Waals surface area contributed by atoms with Crippen LogP contribution < -0.4 is 0 Å². The highest BCUT2D eigenvalue weighted by atomic mass is 35.5. The van der Waals surface area contributed by atoms with Crippen molar-refractivity contribution in [1.29, 1.82) is 0 Å². The second-order valence-corrected chi connectivity index (χ2v) is 8.67. The average molecular weight is 439 g/mol. The van der Waals surface area contributed by atoms with E-state index < -0.39 is 23.5 Å². The van der Waals surface area contributed by atoms with E-state index in [9.17, 15) is 9.59 Å². The Morgan fingerprint density at radius 2 is 1.90 bits per heavy atom. The van der Waals surface area contributed by atoms with E-state index in [4.69, 9.17) is 21.1 Å². The van der Waals surface area contributed by atoms with Crippen LogP contribution in [0.3, 0.4) is 0 Å². The number of rotatable bonds is 5. The Kier molecular flexibility index (Phi) is 6.47. The van der Waals surface area contributed by atoms with Crippen LogP contribution in [0, 0.1) is 11.8 Å². The van der Waals surface area contributed by atoms with Gasteiger partial charge in [-0.25, -0.2) is 0 Å². The fraction of sp³-hybridized carbons (Fsp3) is 0.385. The normalized spacial score (nSPS) is 28.1. The largest absolute Gasteiger partial charge is 0.465 e. The number of hydrogen-bond donors (Lipinski definition) is 0. The lowest BCUT2D eigenvalue weighted by Crippen LogP contribution is -2.51. The first kappa shape index (κ1) is 21.6.